The fourth-order valence-corrected chi connectivity index (χ4v) is 4.67. The smallest absolute Gasteiger partial charge is 0.238 e. The second kappa shape index (κ2) is 4.22. The Kier molecular flexibility index (Phi) is 2.67. The van der Waals surface area contributed by atoms with Crippen molar-refractivity contribution in [2.45, 2.75) is 19.3 Å². The maximum absolute atomic E-state index is 12.7. The molecule has 3 nitrogen and oxygen atoms in total. The molecule has 1 aromatic carbocycles. The van der Waals surface area contributed by atoms with E-state index < -0.39 is 0 Å². The summed E-state index contributed by atoms with van der Waals surface area (Å²) in [4.78, 5) is 26.6. The average Bonchev–Trinajstić information content (AvgIpc) is 3.08. The second-order valence-electron chi connectivity index (χ2n) is 5.99. The van der Waals surface area contributed by atoms with Crippen molar-refractivity contribution in [3.8, 4) is 0 Å². The zero-order valence-corrected chi connectivity index (χ0v) is 12.2. The molecule has 1 saturated heterocycles. The van der Waals surface area contributed by atoms with Crippen LogP contribution >= 0.6 is 23.2 Å². The minimum atomic E-state index is -0.128. The maximum Gasteiger partial charge on any atom is 0.238 e. The van der Waals surface area contributed by atoms with Gasteiger partial charge < -0.3 is 0 Å². The van der Waals surface area contributed by atoms with Crippen molar-refractivity contribution in [2.75, 3.05) is 4.90 Å². The van der Waals surface area contributed by atoms with Crippen LogP contribution in [0.2, 0.25) is 10.0 Å². The summed E-state index contributed by atoms with van der Waals surface area (Å²) in [5.41, 5.74) is 0.433. The third-order valence-corrected chi connectivity index (χ3v) is 5.63. The molecular weight excluding hydrogens is 297 g/mol. The largest absolute Gasteiger partial charge is 0.274 e. The Labute approximate surface area is 126 Å². The van der Waals surface area contributed by atoms with E-state index in [2.05, 4.69) is 0 Å². The van der Waals surface area contributed by atoms with Gasteiger partial charge in [-0.2, -0.15) is 0 Å². The zero-order chi connectivity index (χ0) is 14.0. The molecule has 20 heavy (non-hydrogen) atoms. The Bertz CT molecular complexity index is 602. The molecule has 2 saturated carbocycles. The normalized spacial score (nSPS) is 35.0. The molecule has 0 unspecified atom stereocenters. The van der Waals surface area contributed by atoms with Crippen LogP contribution in [-0.4, -0.2) is 11.8 Å². The molecule has 4 atom stereocenters. The first-order chi connectivity index (χ1) is 9.58. The SMILES string of the molecule is O=C1[C@H]2[C@@H]3CC[C@H](C3)[C@@H]2C(=O)N1c1cc(Cl)ccc1Cl. The number of hydrogen-bond donors (Lipinski definition) is 0. The molecule has 0 spiro atoms. The average molecular weight is 310 g/mol. The van der Waals surface area contributed by atoms with Crippen LogP contribution in [0.1, 0.15) is 19.3 Å². The van der Waals surface area contributed by atoms with Crippen molar-refractivity contribution in [1.82, 2.24) is 0 Å². The van der Waals surface area contributed by atoms with E-state index in [0.717, 1.165) is 19.3 Å². The van der Waals surface area contributed by atoms with Gasteiger partial charge in [0.1, 0.15) is 0 Å². The third kappa shape index (κ3) is 1.54. The molecule has 0 N–H and O–H groups in total. The van der Waals surface area contributed by atoms with Crippen LogP contribution < -0.4 is 4.90 Å². The van der Waals surface area contributed by atoms with Crippen LogP contribution in [0.25, 0.3) is 0 Å². The summed E-state index contributed by atoms with van der Waals surface area (Å²) in [5, 5.41) is 0.869. The van der Waals surface area contributed by atoms with Crippen molar-refractivity contribution < 1.29 is 9.59 Å². The van der Waals surface area contributed by atoms with Gasteiger partial charge in [0.15, 0.2) is 0 Å². The van der Waals surface area contributed by atoms with E-state index in [1.165, 1.54) is 4.90 Å². The number of nitrogens with zero attached hydrogens (tertiary/aromatic N) is 1. The van der Waals surface area contributed by atoms with E-state index >= 15 is 0 Å². The monoisotopic (exact) mass is 309 g/mol. The Hall–Kier alpha value is -1.06. The van der Waals surface area contributed by atoms with Gasteiger partial charge >= 0.3 is 0 Å². The Morgan fingerprint density at radius 2 is 1.60 bits per heavy atom. The van der Waals surface area contributed by atoms with Gasteiger partial charge in [0.05, 0.1) is 22.5 Å². The molecule has 4 rings (SSSR count). The Balaban J connectivity index is 1.79. The number of hydrogen-bond acceptors (Lipinski definition) is 2. The number of imide groups is 1. The first-order valence-corrected chi connectivity index (χ1v) is 7.66. The highest BCUT2D eigenvalue weighted by Crippen LogP contribution is 2.57. The number of anilines is 1. The standard InChI is InChI=1S/C15H13Cl2NO2/c16-9-3-4-10(17)11(6-9)18-14(19)12-7-1-2-8(5-7)13(12)15(18)20/h3-4,6-8,12-13H,1-2,5H2/t7-,8-,12+,13+/m1/s1. The third-order valence-electron chi connectivity index (χ3n) is 5.08. The van der Waals surface area contributed by atoms with E-state index in [9.17, 15) is 9.59 Å². The summed E-state index contributed by atoms with van der Waals surface area (Å²) in [5.74, 6) is 0.328. The van der Waals surface area contributed by atoms with Gasteiger partial charge in [-0.25, -0.2) is 4.90 Å². The summed E-state index contributed by atoms with van der Waals surface area (Å²) < 4.78 is 0. The van der Waals surface area contributed by atoms with Gasteiger partial charge in [-0.05, 0) is 49.3 Å². The molecular formula is C15H13Cl2NO2. The second-order valence-corrected chi connectivity index (χ2v) is 6.84. The molecule has 104 valence electrons. The van der Waals surface area contributed by atoms with Crippen molar-refractivity contribution in [3.63, 3.8) is 0 Å². The van der Waals surface area contributed by atoms with Crippen molar-refractivity contribution in [2.24, 2.45) is 23.7 Å². The van der Waals surface area contributed by atoms with E-state index in [-0.39, 0.29) is 23.7 Å². The van der Waals surface area contributed by atoms with E-state index in [4.69, 9.17) is 23.2 Å². The number of benzene rings is 1. The molecule has 1 aliphatic heterocycles. The van der Waals surface area contributed by atoms with E-state index in [1.807, 2.05) is 0 Å². The lowest BCUT2D eigenvalue weighted by molar-refractivity contribution is -0.123. The number of amides is 2. The molecule has 3 aliphatic rings. The van der Waals surface area contributed by atoms with Gasteiger partial charge in [-0.1, -0.05) is 23.2 Å². The minimum absolute atomic E-state index is 0.0867. The topological polar surface area (TPSA) is 37.4 Å². The molecule has 0 radical (unpaired) electrons. The van der Waals surface area contributed by atoms with Gasteiger partial charge in [-0.3, -0.25) is 9.59 Å². The maximum atomic E-state index is 12.7. The van der Waals surface area contributed by atoms with Crippen LogP contribution in [0.4, 0.5) is 5.69 Å². The summed E-state index contributed by atoms with van der Waals surface area (Å²) in [7, 11) is 0. The predicted octanol–water partition coefficient (Wildman–Crippen LogP) is 3.53. The molecule has 3 fully saturated rings. The highest BCUT2D eigenvalue weighted by Gasteiger charge is 2.61. The van der Waals surface area contributed by atoms with Gasteiger partial charge in [0.2, 0.25) is 11.8 Å². The van der Waals surface area contributed by atoms with Crippen LogP contribution in [0, 0.1) is 23.7 Å². The summed E-state index contributed by atoms with van der Waals surface area (Å²) in [6, 6.07) is 4.88. The highest BCUT2D eigenvalue weighted by atomic mass is 35.5. The van der Waals surface area contributed by atoms with Crippen molar-refractivity contribution in [1.29, 1.82) is 0 Å². The van der Waals surface area contributed by atoms with Crippen molar-refractivity contribution >= 4 is 40.7 Å². The number of fused-ring (bicyclic) bond motifs is 5. The molecule has 0 aromatic heterocycles. The van der Waals surface area contributed by atoms with Crippen LogP contribution in [-0.2, 0) is 9.59 Å². The molecule has 2 amide bonds. The van der Waals surface area contributed by atoms with E-state index in [1.54, 1.807) is 18.2 Å². The zero-order valence-electron chi connectivity index (χ0n) is 10.7. The first kappa shape index (κ1) is 12.7. The number of halogens is 2. The first-order valence-electron chi connectivity index (χ1n) is 6.91. The molecule has 1 aromatic rings. The van der Waals surface area contributed by atoms with E-state index in [0.29, 0.717) is 27.6 Å². The summed E-state index contributed by atoms with van der Waals surface area (Å²) >= 11 is 12.1. The van der Waals surface area contributed by atoms with Crippen molar-refractivity contribution in [3.05, 3.63) is 28.2 Å². The fourth-order valence-electron chi connectivity index (χ4n) is 4.30. The van der Waals surface area contributed by atoms with Gasteiger partial charge in [0, 0.05) is 5.02 Å². The summed E-state index contributed by atoms with van der Waals surface area (Å²) in [6.07, 6.45) is 3.17. The number of rotatable bonds is 1. The molecule has 2 aliphatic carbocycles. The molecule has 2 bridgehead atoms. The lowest BCUT2D eigenvalue weighted by atomic mass is 9.81. The fraction of sp³-hybridized carbons (Fsp3) is 0.467. The molecule has 5 heteroatoms. The quantitative estimate of drug-likeness (QED) is 0.744. The Morgan fingerprint density at radius 3 is 2.20 bits per heavy atom. The number of carbonyl (C=O) groups is 2. The Morgan fingerprint density at radius 1 is 1.00 bits per heavy atom. The van der Waals surface area contributed by atoms with Gasteiger partial charge in [0.25, 0.3) is 0 Å². The lowest BCUT2D eigenvalue weighted by Crippen LogP contribution is -2.33. The van der Waals surface area contributed by atoms with Gasteiger partial charge in [-0.15, -0.1) is 0 Å². The minimum Gasteiger partial charge on any atom is -0.274 e. The van der Waals surface area contributed by atoms with Crippen LogP contribution in [0.3, 0.4) is 0 Å². The highest BCUT2D eigenvalue weighted by molar-refractivity contribution is 6.37. The summed E-state index contributed by atoms with van der Waals surface area (Å²) in [6.45, 7) is 0. The number of carbonyl (C=O) groups excluding carboxylic acids is 2. The predicted molar refractivity (Wildman–Crippen MR) is 76.8 cm³/mol. The molecule has 1 heterocycles. The van der Waals surface area contributed by atoms with Crippen LogP contribution in [0.5, 0.6) is 0 Å². The lowest BCUT2D eigenvalue weighted by Gasteiger charge is -2.19. The van der Waals surface area contributed by atoms with Crippen LogP contribution in [0.15, 0.2) is 18.2 Å².